The van der Waals surface area contributed by atoms with Crippen LogP contribution in [0.15, 0.2) is 47.6 Å². The van der Waals surface area contributed by atoms with Crippen LogP contribution < -0.4 is 14.8 Å². The lowest BCUT2D eigenvalue weighted by Crippen LogP contribution is -2.15. The molecule has 1 aromatic heterocycles. The molecule has 2 aromatic carbocycles. The van der Waals surface area contributed by atoms with E-state index in [1.807, 2.05) is 42.7 Å². The Balaban J connectivity index is 1.60. The maximum absolute atomic E-state index is 12.4. The molecule has 0 aliphatic carbocycles. The molecule has 7 nitrogen and oxygen atoms in total. The number of nitrogens with one attached hydrogen (secondary N) is 1. The van der Waals surface area contributed by atoms with Crippen LogP contribution in [0.2, 0.25) is 0 Å². The third-order valence-corrected chi connectivity index (χ3v) is 5.48. The second kappa shape index (κ2) is 10.2. The second-order valence-corrected chi connectivity index (χ2v) is 7.68. The van der Waals surface area contributed by atoms with Gasteiger partial charge < -0.3 is 19.4 Å². The van der Waals surface area contributed by atoms with Crippen molar-refractivity contribution in [3.05, 3.63) is 59.4 Å². The molecule has 0 bridgehead atoms. The van der Waals surface area contributed by atoms with Crippen molar-refractivity contribution < 1.29 is 14.3 Å². The molecule has 3 aromatic rings. The Kier molecular flexibility index (Phi) is 7.35. The predicted molar refractivity (Wildman–Crippen MR) is 118 cm³/mol. The van der Waals surface area contributed by atoms with Gasteiger partial charge in [0.2, 0.25) is 5.91 Å². The smallest absolute Gasteiger partial charge is 0.234 e. The minimum Gasteiger partial charge on any atom is -0.495 e. The number of anilines is 1. The number of ether oxygens (including phenoxy) is 2. The molecule has 0 aliphatic rings. The molecular formula is C22H26N4O3S. The van der Waals surface area contributed by atoms with E-state index in [4.69, 9.17) is 9.47 Å². The summed E-state index contributed by atoms with van der Waals surface area (Å²) in [4.78, 5) is 12.4. The van der Waals surface area contributed by atoms with Gasteiger partial charge in [0.25, 0.3) is 0 Å². The van der Waals surface area contributed by atoms with Gasteiger partial charge in [0.15, 0.2) is 11.0 Å². The first-order valence-corrected chi connectivity index (χ1v) is 10.7. The van der Waals surface area contributed by atoms with Crippen molar-refractivity contribution in [2.24, 2.45) is 0 Å². The highest BCUT2D eigenvalue weighted by Gasteiger charge is 2.15. The molecule has 0 spiro atoms. The van der Waals surface area contributed by atoms with Crippen molar-refractivity contribution in [3.63, 3.8) is 0 Å². The summed E-state index contributed by atoms with van der Waals surface area (Å²) in [5, 5.41) is 12.0. The van der Waals surface area contributed by atoms with E-state index in [1.165, 1.54) is 17.3 Å². The predicted octanol–water partition coefficient (Wildman–Crippen LogP) is 4.23. The van der Waals surface area contributed by atoms with Gasteiger partial charge >= 0.3 is 0 Å². The fourth-order valence-electron chi connectivity index (χ4n) is 3.02. The lowest BCUT2D eigenvalue weighted by atomic mass is 10.1. The van der Waals surface area contributed by atoms with Crippen molar-refractivity contribution in [2.75, 3.05) is 18.2 Å². The minimum atomic E-state index is -0.136. The Labute approximate surface area is 180 Å². The number of hydrogen-bond acceptors (Lipinski definition) is 6. The fraction of sp³-hybridized carbons (Fsp3) is 0.318. The SMILES string of the molecule is CCn1c(COc2ccc(C)cc2C)nnc1SCC(=O)Nc1ccccc1OC. The molecular weight excluding hydrogens is 400 g/mol. The molecule has 0 radical (unpaired) electrons. The van der Waals surface area contributed by atoms with Gasteiger partial charge in [-0.15, -0.1) is 10.2 Å². The summed E-state index contributed by atoms with van der Waals surface area (Å²) >= 11 is 1.34. The zero-order chi connectivity index (χ0) is 21.5. The van der Waals surface area contributed by atoms with E-state index in [-0.39, 0.29) is 11.7 Å². The number of carbonyl (C=O) groups is 1. The topological polar surface area (TPSA) is 78.3 Å². The highest BCUT2D eigenvalue weighted by Crippen LogP contribution is 2.25. The standard InChI is InChI=1S/C22H26N4O3S/c1-5-26-20(13-29-18-11-10-15(2)12-16(18)3)24-25-22(26)30-14-21(27)23-17-8-6-7-9-19(17)28-4/h6-12H,5,13-14H2,1-4H3,(H,23,27). The molecule has 0 aliphatic heterocycles. The summed E-state index contributed by atoms with van der Waals surface area (Å²) in [6.07, 6.45) is 0. The number of aromatic nitrogens is 3. The van der Waals surface area contributed by atoms with Crippen LogP contribution in [-0.4, -0.2) is 33.5 Å². The van der Waals surface area contributed by atoms with E-state index < -0.39 is 0 Å². The van der Waals surface area contributed by atoms with Crippen LogP contribution in [0.3, 0.4) is 0 Å². The third kappa shape index (κ3) is 5.33. The molecule has 8 heteroatoms. The Morgan fingerprint density at radius 2 is 1.93 bits per heavy atom. The molecule has 1 N–H and O–H groups in total. The van der Waals surface area contributed by atoms with E-state index in [0.717, 1.165) is 17.1 Å². The third-order valence-electron chi connectivity index (χ3n) is 4.51. The zero-order valence-electron chi connectivity index (χ0n) is 17.6. The molecule has 158 valence electrons. The van der Waals surface area contributed by atoms with Crippen molar-refractivity contribution in [1.29, 1.82) is 0 Å². The summed E-state index contributed by atoms with van der Waals surface area (Å²) in [5.74, 6) is 2.26. The first-order valence-electron chi connectivity index (χ1n) is 9.69. The van der Waals surface area contributed by atoms with E-state index in [1.54, 1.807) is 19.2 Å². The molecule has 30 heavy (non-hydrogen) atoms. The summed E-state index contributed by atoms with van der Waals surface area (Å²) in [5.41, 5.74) is 2.92. The number of thioether (sulfide) groups is 1. The molecule has 1 amide bonds. The highest BCUT2D eigenvalue weighted by atomic mass is 32.2. The van der Waals surface area contributed by atoms with E-state index in [0.29, 0.717) is 29.7 Å². The van der Waals surface area contributed by atoms with Gasteiger partial charge in [-0.1, -0.05) is 41.6 Å². The minimum absolute atomic E-state index is 0.136. The molecule has 0 saturated carbocycles. The lowest BCUT2D eigenvalue weighted by molar-refractivity contribution is -0.113. The van der Waals surface area contributed by atoms with Crippen LogP contribution in [-0.2, 0) is 17.9 Å². The Hall–Kier alpha value is -3.00. The Morgan fingerprint density at radius 3 is 2.67 bits per heavy atom. The number of benzene rings is 2. The number of methoxy groups -OCH3 is 1. The summed E-state index contributed by atoms with van der Waals surface area (Å²) in [7, 11) is 1.57. The molecule has 0 atom stereocenters. The van der Waals surface area contributed by atoms with Crippen LogP contribution in [0.4, 0.5) is 5.69 Å². The molecule has 0 unspecified atom stereocenters. The Bertz CT molecular complexity index is 1020. The average molecular weight is 427 g/mol. The number of carbonyl (C=O) groups excluding carboxylic acids is 1. The van der Waals surface area contributed by atoms with Crippen molar-refractivity contribution in [3.8, 4) is 11.5 Å². The number of aryl methyl sites for hydroxylation is 2. The number of rotatable bonds is 9. The van der Waals surface area contributed by atoms with Gasteiger partial charge in [-0.2, -0.15) is 0 Å². The second-order valence-electron chi connectivity index (χ2n) is 6.74. The lowest BCUT2D eigenvalue weighted by Gasteiger charge is -2.11. The monoisotopic (exact) mass is 426 g/mol. The Morgan fingerprint density at radius 1 is 1.13 bits per heavy atom. The maximum atomic E-state index is 12.4. The van der Waals surface area contributed by atoms with Crippen molar-refractivity contribution in [2.45, 2.75) is 39.1 Å². The zero-order valence-corrected chi connectivity index (χ0v) is 18.5. The van der Waals surface area contributed by atoms with Crippen LogP contribution >= 0.6 is 11.8 Å². The highest BCUT2D eigenvalue weighted by molar-refractivity contribution is 7.99. The van der Waals surface area contributed by atoms with Gasteiger partial charge in [-0.05, 0) is 44.5 Å². The van der Waals surface area contributed by atoms with Gasteiger partial charge in [-0.25, -0.2) is 0 Å². The first kappa shape index (κ1) is 21.7. The van der Waals surface area contributed by atoms with Gasteiger partial charge in [0.1, 0.15) is 18.1 Å². The van der Waals surface area contributed by atoms with Gasteiger partial charge in [0.05, 0.1) is 18.6 Å². The average Bonchev–Trinajstić information content (AvgIpc) is 3.14. The first-order chi connectivity index (χ1) is 14.5. The van der Waals surface area contributed by atoms with Crippen molar-refractivity contribution in [1.82, 2.24) is 14.8 Å². The number of hydrogen-bond donors (Lipinski definition) is 1. The summed E-state index contributed by atoms with van der Waals surface area (Å²) in [6, 6.07) is 13.4. The quantitative estimate of drug-likeness (QED) is 0.516. The van der Waals surface area contributed by atoms with Crippen LogP contribution in [0.5, 0.6) is 11.5 Å². The van der Waals surface area contributed by atoms with Crippen molar-refractivity contribution >= 4 is 23.4 Å². The van der Waals surface area contributed by atoms with E-state index in [2.05, 4.69) is 28.5 Å². The number of para-hydroxylation sites is 2. The van der Waals surface area contributed by atoms with Gasteiger partial charge in [0, 0.05) is 6.54 Å². The largest absolute Gasteiger partial charge is 0.495 e. The molecule has 1 heterocycles. The maximum Gasteiger partial charge on any atom is 0.234 e. The van der Waals surface area contributed by atoms with Crippen LogP contribution in [0.25, 0.3) is 0 Å². The number of nitrogens with zero attached hydrogens (tertiary/aromatic N) is 3. The molecule has 3 rings (SSSR count). The van der Waals surface area contributed by atoms with Gasteiger partial charge in [-0.3, -0.25) is 4.79 Å². The molecule has 0 saturated heterocycles. The van der Waals surface area contributed by atoms with E-state index >= 15 is 0 Å². The summed E-state index contributed by atoms with van der Waals surface area (Å²) < 4.78 is 13.2. The normalized spacial score (nSPS) is 10.7. The summed E-state index contributed by atoms with van der Waals surface area (Å²) in [6.45, 7) is 7.10. The van der Waals surface area contributed by atoms with Crippen LogP contribution in [0, 0.1) is 13.8 Å². The fourth-order valence-corrected chi connectivity index (χ4v) is 3.84. The van der Waals surface area contributed by atoms with Crippen LogP contribution in [0.1, 0.15) is 23.9 Å². The van der Waals surface area contributed by atoms with E-state index in [9.17, 15) is 4.79 Å². The number of amides is 1. The molecule has 0 fully saturated rings.